The van der Waals surface area contributed by atoms with Crippen molar-refractivity contribution < 1.29 is 9.59 Å². The van der Waals surface area contributed by atoms with Gasteiger partial charge in [-0.2, -0.15) is 0 Å². The van der Waals surface area contributed by atoms with Crippen LogP contribution in [0.5, 0.6) is 0 Å². The predicted molar refractivity (Wildman–Crippen MR) is 131 cm³/mol. The van der Waals surface area contributed by atoms with Gasteiger partial charge in [-0.05, 0) is 36.5 Å². The molecule has 172 valence electrons. The second-order valence-electron chi connectivity index (χ2n) is 8.47. The second kappa shape index (κ2) is 11.3. The number of aromatic nitrogens is 3. The summed E-state index contributed by atoms with van der Waals surface area (Å²) in [5.74, 6) is 1.69. The molecular weight excluding hydrogens is 432 g/mol. The van der Waals surface area contributed by atoms with E-state index < -0.39 is 0 Å². The molecule has 6 nitrogen and oxygen atoms in total. The molecule has 33 heavy (non-hydrogen) atoms. The van der Waals surface area contributed by atoms with Crippen molar-refractivity contribution in [3.05, 3.63) is 71.5 Å². The smallest absolute Gasteiger partial charge is 0.216 e. The number of hydrogen-bond acceptors (Lipinski definition) is 5. The standard InChI is InChI=1S/C26H30N4O2S/c1-19(31)27-17-16-25-28-29-26(30(25)23-10-6-3-7-11-23)33-18-24(32)22-14-12-21(13-15-22)20-8-4-2-5-9-20/h3,6-7,10-15,20H,2,4-5,8-9,16-18H2,1H3,(H,27,31). The number of thioether (sulfide) groups is 1. The summed E-state index contributed by atoms with van der Waals surface area (Å²) in [7, 11) is 0. The summed E-state index contributed by atoms with van der Waals surface area (Å²) in [6.07, 6.45) is 7.00. The highest BCUT2D eigenvalue weighted by Crippen LogP contribution is 2.32. The Morgan fingerprint density at radius 1 is 1.00 bits per heavy atom. The quantitative estimate of drug-likeness (QED) is 0.359. The molecule has 0 atom stereocenters. The zero-order valence-electron chi connectivity index (χ0n) is 19.0. The molecule has 0 radical (unpaired) electrons. The van der Waals surface area contributed by atoms with E-state index in [2.05, 4.69) is 27.6 Å². The molecule has 0 unspecified atom stereocenters. The predicted octanol–water partition coefficient (Wildman–Crippen LogP) is 4.97. The van der Waals surface area contributed by atoms with Crippen LogP contribution in [0.2, 0.25) is 0 Å². The molecule has 1 heterocycles. The summed E-state index contributed by atoms with van der Waals surface area (Å²) in [6.45, 7) is 1.98. The van der Waals surface area contributed by atoms with Crippen molar-refractivity contribution in [1.29, 1.82) is 0 Å². The molecule has 1 fully saturated rings. The number of Topliss-reactive ketones (excluding diaryl/α,β-unsaturated/α-hetero) is 1. The van der Waals surface area contributed by atoms with Crippen LogP contribution >= 0.6 is 11.8 Å². The largest absolute Gasteiger partial charge is 0.356 e. The van der Waals surface area contributed by atoms with Crippen molar-refractivity contribution in [2.45, 2.75) is 56.5 Å². The zero-order valence-corrected chi connectivity index (χ0v) is 19.8. The molecule has 4 rings (SSSR count). The fourth-order valence-corrected chi connectivity index (χ4v) is 5.20. The number of amides is 1. The fraction of sp³-hybridized carbons (Fsp3) is 0.385. The Morgan fingerprint density at radius 2 is 1.73 bits per heavy atom. The maximum Gasteiger partial charge on any atom is 0.216 e. The maximum atomic E-state index is 12.9. The molecule has 0 bridgehead atoms. The molecule has 2 aromatic carbocycles. The van der Waals surface area contributed by atoms with Gasteiger partial charge in [-0.15, -0.1) is 10.2 Å². The summed E-state index contributed by atoms with van der Waals surface area (Å²) >= 11 is 1.39. The van der Waals surface area contributed by atoms with Gasteiger partial charge in [0.15, 0.2) is 10.9 Å². The first-order valence-corrected chi connectivity index (χ1v) is 12.6. The minimum Gasteiger partial charge on any atom is -0.356 e. The Morgan fingerprint density at radius 3 is 2.42 bits per heavy atom. The van der Waals surface area contributed by atoms with Crippen molar-refractivity contribution in [2.24, 2.45) is 0 Å². The van der Waals surface area contributed by atoms with Gasteiger partial charge in [0.1, 0.15) is 5.82 Å². The van der Waals surface area contributed by atoms with Crippen LogP contribution in [0, 0.1) is 0 Å². The molecule has 1 aromatic heterocycles. The topological polar surface area (TPSA) is 76.9 Å². The lowest BCUT2D eigenvalue weighted by Crippen LogP contribution is -2.23. The monoisotopic (exact) mass is 462 g/mol. The zero-order chi connectivity index (χ0) is 23.0. The van der Waals surface area contributed by atoms with E-state index in [-0.39, 0.29) is 11.7 Å². The molecule has 7 heteroatoms. The van der Waals surface area contributed by atoms with Crippen LogP contribution in [0.1, 0.15) is 66.7 Å². The SMILES string of the molecule is CC(=O)NCCc1nnc(SCC(=O)c2ccc(C3CCCCC3)cc2)n1-c1ccccc1. The molecule has 1 saturated carbocycles. The number of carbonyl (C=O) groups is 2. The second-order valence-corrected chi connectivity index (χ2v) is 9.41. The Balaban J connectivity index is 1.44. The number of nitrogens with one attached hydrogen (secondary N) is 1. The van der Waals surface area contributed by atoms with Crippen LogP contribution in [0.3, 0.4) is 0 Å². The van der Waals surface area contributed by atoms with Crippen molar-refractivity contribution in [3.63, 3.8) is 0 Å². The molecule has 1 amide bonds. The van der Waals surface area contributed by atoms with Crippen molar-refractivity contribution in [2.75, 3.05) is 12.3 Å². The summed E-state index contributed by atoms with van der Waals surface area (Å²) in [5.41, 5.74) is 3.03. The molecule has 1 N–H and O–H groups in total. The third-order valence-corrected chi connectivity index (χ3v) is 7.01. The summed E-state index contributed by atoms with van der Waals surface area (Å²) in [5, 5.41) is 12.1. The first-order valence-electron chi connectivity index (χ1n) is 11.6. The van der Waals surface area contributed by atoms with E-state index in [1.165, 1.54) is 56.4 Å². The van der Waals surface area contributed by atoms with Gasteiger partial charge in [-0.25, -0.2) is 0 Å². The normalized spacial score (nSPS) is 14.2. The van der Waals surface area contributed by atoms with Crippen LogP contribution < -0.4 is 5.32 Å². The molecule has 1 aliphatic rings. The highest BCUT2D eigenvalue weighted by atomic mass is 32.2. The third kappa shape index (κ3) is 6.11. The Hall–Kier alpha value is -2.93. The number of carbonyl (C=O) groups excluding carboxylic acids is 2. The lowest BCUT2D eigenvalue weighted by molar-refractivity contribution is -0.118. The first kappa shape index (κ1) is 23.2. The highest BCUT2D eigenvalue weighted by Gasteiger charge is 2.18. The van der Waals surface area contributed by atoms with E-state index in [9.17, 15) is 9.59 Å². The van der Waals surface area contributed by atoms with Gasteiger partial charge < -0.3 is 5.32 Å². The van der Waals surface area contributed by atoms with Crippen LogP contribution in [0.15, 0.2) is 59.8 Å². The highest BCUT2D eigenvalue weighted by molar-refractivity contribution is 7.99. The van der Waals surface area contributed by atoms with E-state index in [4.69, 9.17) is 0 Å². The molecule has 3 aromatic rings. The Labute approximate surface area is 199 Å². The van der Waals surface area contributed by atoms with Gasteiger partial charge >= 0.3 is 0 Å². The Kier molecular flexibility index (Phi) is 7.94. The number of rotatable bonds is 9. The van der Waals surface area contributed by atoms with Crippen LogP contribution in [-0.4, -0.2) is 38.8 Å². The average Bonchev–Trinajstić information content (AvgIpc) is 3.26. The Bertz CT molecular complexity index is 1070. The lowest BCUT2D eigenvalue weighted by Gasteiger charge is -2.22. The van der Waals surface area contributed by atoms with Gasteiger partial charge in [0, 0.05) is 31.1 Å². The maximum absolute atomic E-state index is 12.9. The van der Waals surface area contributed by atoms with Gasteiger partial charge in [0.05, 0.1) is 5.75 Å². The summed E-state index contributed by atoms with van der Waals surface area (Å²) < 4.78 is 1.96. The summed E-state index contributed by atoms with van der Waals surface area (Å²) in [6, 6.07) is 18.0. The van der Waals surface area contributed by atoms with Crippen LogP contribution in [-0.2, 0) is 11.2 Å². The minimum atomic E-state index is -0.0736. The van der Waals surface area contributed by atoms with E-state index in [1.54, 1.807) is 0 Å². The lowest BCUT2D eigenvalue weighted by atomic mass is 9.84. The number of para-hydroxylation sites is 1. The van der Waals surface area contributed by atoms with E-state index in [0.29, 0.717) is 29.8 Å². The number of ketones is 1. The average molecular weight is 463 g/mol. The number of hydrogen-bond donors (Lipinski definition) is 1. The van der Waals surface area contributed by atoms with Gasteiger partial charge in [-0.1, -0.05) is 73.5 Å². The molecule has 1 aliphatic carbocycles. The van der Waals surface area contributed by atoms with Gasteiger partial charge in [0.25, 0.3) is 0 Å². The van der Waals surface area contributed by atoms with Crippen LogP contribution in [0.4, 0.5) is 0 Å². The number of benzene rings is 2. The van der Waals surface area contributed by atoms with Crippen molar-refractivity contribution in [1.82, 2.24) is 20.1 Å². The fourth-order valence-electron chi connectivity index (χ4n) is 4.33. The van der Waals surface area contributed by atoms with Gasteiger partial charge in [0.2, 0.25) is 5.91 Å². The minimum absolute atomic E-state index is 0.0736. The van der Waals surface area contributed by atoms with Crippen molar-refractivity contribution >= 4 is 23.5 Å². The molecule has 0 aliphatic heterocycles. The molecular formula is C26H30N4O2S. The van der Waals surface area contributed by atoms with Gasteiger partial charge in [-0.3, -0.25) is 14.2 Å². The third-order valence-electron chi connectivity index (χ3n) is 6.08. The molecule has 0 saturated heterocycles. The van der Waals surface area contributed by atoms with E-state index in [1.807, 2.05) is 47.0 Å². The van der Waals surface area contributed by atoms with Crippen LogP contribution in [0.25, 0.3) is 5.69 Å². The summed E-state index contributed by atoms with van der Waals surface area (Å²) in [4.78, 5) is 24.1. The van der Waals surface area contributed by atoms with Crippen molar-refractivity contribution in [3.8, 4) is 5.69 Å². The van der Waals surface area contributed by atoms with E-state index >= 15 is 0 Å². The number of nitrogens with zero attached hydrogens (tertiary/aromatic N) is 3. The molecule has 0 spiro atoms. The first-order chi connectivity index (χ1) is 16.1. The van der Waals surface area contributed by atoms with E-state index in [0.717, 1.165) is 17.1 Å².